The number of nitrogens with one attached hydrogen (secondary N) is 1. The van der Waals surface area contributed by atoms with Gasteiger partial charge in [-0.1, -0.05) is 364 Å². The van der Waals surface area contributed by atoms with Crippen LogP contribution in [0.4, 0.5) is 0 Å². The van der Waals surface area contributed by atoms with Crippen molar-refractivity contribution in [2.75, 3.05) is 40.9 Å². The van der Waals surface area contributed by atoms with Gasteiger partial charge in [0.25, 0.3) is 0 Å². The third kappa shape index (κ3) is 71.6. The molecule has 0 heterocycles. The fourth-order valence-corrected chi connectivity index (χ4v) is 12.4. The van der Waals surface area contributed by atoms with Gasteiger partial charge in [-0.15, -0.1) is 0 Å². The molecule has 0 rings (SSSR count). The van der Waals surface area contributed by atoms with Gasteiger partial charge < -0.3 is 19.4 Å². The molecule has 0 aromatic heterocycles. The highest BCUT2D eigenvalue weighted by Crippen LogP contribution is 2.43. The lowest BCUT2D eigenvalue weighted by atomic mass is 10.0. The molecule has 9 nitrogen and oxygen atoms in total. The van der Waals surface area contributed by atoms with Crippen molar-refractivity contribution in [3.8, 4) is 0 Å². The molecule has 0 saturated carbocycles. The normalized spacial score (nSPS) is 13.8. The molecule has 0 spiro atoms. The summed E-state index contributed by atoms with van der Waals surface area (Å²) in [4.78, 5) is 38.0. The fourth-order valence-electron chi connectivity index (χ4n) is 11.7. The van der Waals surface area contributed by atoms with E-state index in [0.29, 0.717) is 23.9 Å². The van der Waals surface area contributed by atoms with Gasteiger partial charge in [-0.05, 0) is 76.7 Å². The largest absolute Gasteiger partial charge is 0.472 e. The number of unbranched alkanes of at least 4 members (excludes halogenated alkanes) is 46. The molecule has 532 valence electrons. The van der Waals surface area contributed by atoms with E-state index < -0.39 is 20.0 Å². The molecule has 3 unspecified atom stereocenters. The molecule has 2 N–H and O–H groups in total. The van der Waals surface area contributed by atoms with Crippen LogP contribution < -0.4 is 5.32 Å². The first-order valence-electron chi connectivity index (χ1n) is 39.3. The standard InChI is InChI=1S/C81H151N2O7P/c1-7-10-13-16-19-22-25-28-30-32-34-36-38-40-41-43-44-46-48-50-52-55-58-61-64-67-70-73-80(84)82-78(77-89-91(86,87)88-76-75-83(4,5)6)79(72-69-66-63-60-57-54-27-24-21-18-15-12-9-3)90-81(85)74-71-68-65-62-59-56-53-51-49-47-45-42-39-37-35-33-31-29-26-23-20-17-14-11-8-2/h10,13,19,22,28,30,34,36,40-41,69,72,78-79H,7-9,11-12,14-18,20-21,23-27,29,31-33,35,37-39,42-68,70-71,73-77H2,1-6H3,(H-,82,84,86,87)/p+1/b13-10-,22-19-,30-28-,36-34-,41-40-,72-69+. The first-order valence-corrected chi connectivity index (χ1v) is 40.8. The van der Waals surface area contributed by atoms with Crippen LogP contribution in [0.15, 0.2) is 72.9 Å². The van der Waals surface area contributed by atoms with Crippen molar-refractivity contribution in [1.82, 2.24) is 5.32 Å². The minimum Gasteiger partial charge on any atom is -0.456 e. The van der Waals surface area contributed by atoms with E-state index >= 15 is 0 Å². The van der Waals surface area contributed by atoms with Gasteiger partial charge in [-0.3, -0.25) is 18.6 Å². The number of ether oxygens (including phenoxy) is 1. The molecule has 0 radical (unpaired) electrons. The highest BCUT2D eigenvalue weighted by Gasteiger charge is 2.30. The number of esters is 1. The second-order valence-electron chi connectivity index (χ2n) is 27.9. The zero-order valence-corrected chi connectivity index (χ0v) is 62.0. The summed E-state index contributed by atoms with van der Waals surface area (Å²) in [6.07, 6.45) is 93.6. The van der Waals surface area contributed by atoms with Crippen LogP contribution >= 0.6 is 7.82 Å². The Bertz CT molecular complexity index is 1780. The summed E-state index contributed by atoms with van der Waals surface area (Å²) in [5.41, 5.74) is 0. The van der Waals surface area contributed by atoms with Gasteiger partial charge in [-0.2, -0.15) is 0 Å². The third-order valence-corrected chi connectivity index (χ3v) is 18.6. The summed E-state index contributed by atoms with van der Waals surface area (Å²) in [5, 5.41) is 3.08. The van der Waals surface area contributed by atoms with Crippen molar-refractivity contribution in [3.05, 3.63) is 72.9 Å². The minimum atomic E-state index is -4.46. The molecular weight excluding hydrogens is 1140 g/mol. The molecule has 91 heavy (non-hydrogen) atoms. The van der Waals surface area contributed by atoms with Crippen molar-refractivity contribution < 1.29 is 37.3 Å². The molecule has 0 aromatic carbocycles. The van der Waals surface area contributed by atoms with Crippen LogP contribution in [0.3, 0.4) is 0 Å². The lowest BCUT2D eigenvalue weighted by Gasteiger charge is -2.27. The average molecular weight is 1300 g/mol. The summed E-state index contributed by atoms with van der Waals surface area (Å²) in [7, 11) is 1.51. The summed E-state index contributed by atoms with van der Waals surface area (Å²) in [5.74, 6) is -0.491. The predicted molar refractivity (Wildman–Crippen MR) is 397 cm³/mol. The number of phosphoric acid groups is 1. The molecule has 0 aromatic rings. The fraction of sp³-hybridized carbons (Fsp3) is 0.827. The van der Waals surface area contributed by atoms with E-state index in [0.717, 1.165) is 89.9 Å². The minimum absolute atomic E-state index is 0.0399. The van der Waals surface area contributed by atoms with Crippen molar-refractivity contribution in [2.45, 2.75) is 392 Å². The molecule has 0 aliphatic rings. The van der Waals surface area contributed by atoms with E-state index in [4.69, 9.17) is 13.8 Å². The van der Waals surface area contributed by atoms with Crippen LogP contribution in [0, 0.1) is 0 Å². The zero-order valence-electron chi connectivity index (χ0n) is 61.1. The smallest absolute Gasteiger partial charge is 0.456 e. The maximum absolute atomic E-state index is 13.7. The Morgan fingerprint density at radius 3 is 1.05 bits per heavy atom. The van der Waals surface area contributed by atoms with E-state index in [-0.39, 0.29) is 25.1 Å². The number of phosphoric ester groups is 1. The number of allylic oxidation sites excluding steroid dienone is 11. The van der Waals surface area contributed by atoms with E-state index in [9.17, 15) is 19.0 Å². The van der Waals surface area contributed by atoms with Crippen LogP contribution in [0.1, 0.15) is 380 Å². The van der Waals surface area contributed by atoms with E-state index in [1.807, 2.05) is 27.2 Å². The van der Waals surface area contributed by atoms with Crippen molar-refractivity contribution >= 4 is 19.7 Å². The molecule has 0 bridgehead atoms. The number of hydrogen-bond acceptors (Lipinski definition) is 6. The maximum atomic E-state index is 13.7. The van der Waals surface area contributed by atoms with E-state index in [1.165, 1.54) is 257 Å². The number of hydrogen-bond donors (Lipinski definition) is 2. The third-order valence-electron chi connectivity index (χ3n) is 17.7. The topological polar surface area (TPSA) is 111 Å². The zero-order chi connectivity index (χ0) is 66.3. The van der Waals surface area contributed by atoms with Crippen LogP contribution in [0.25, 0.3) is 0 Å². The molecule has 0 aliphatic carbocycles. The molecule has 3 atom stereocenters. The van der Waals surface area contributed by atoms with E-state index in [1.54, 1.807) is 0 Å². The summed E-state index contributed by atoms with van der Waals surface area (Å²) in [6, 6.07) is -0.852. The van der Waals surface area contributed by atoms with Gasteiger partial charge in [0.1, 0.15) is 19.3 Å². The van der Waals surface area contributed by atoms with Crippen molar-refractivity contribution in [1.29, 1.82) is 0 Å². The van der Waals surface area contributed by atoms with Crippen molar-refractivity contribution in [2.24, 2.45) is 0 Å². The Balaban J connectivity index is 4.97. The predicted octanol–water partition coefficient (Wildman–Crippen LogP) is 25.5. The Morgan fingerprint density at radius 2 is 0.703 bits per heavy atom. The number of carbonyl (C=O) groups excluding carboxylic acids is 2. The van der Waals surface area contributed by atoms with Crippen LogP contribution in [0.2, 0.25) is 0 Å². The van der Waals surface area contributed by atoms with Crippen molar-refractivity contribution in [3.63, 3.8) is 0 Å². The molecular formula is C81H152N2O7P+. The van der Waals surface area contributed by atoms with Crippen LogP contribution in [-0.4, -0.2) is 74.3 Å². The maximum Gasteiger partial charge on any atom is 0.472 e. The van der Waals surface area contributed by atoms with Gasteiger partial charge in [0.05, 0.1) is 33.8 Å². The number of quaternary nitrogens is 1. The second kappa shape index (κ2) is 70.3. The van der Waals surface area contributed by atoms with Gasteiger partial charge >= 0.3 is 13.8 Å². The van der Waals surface area contributed by atoms with Gasteiger partial charge in [0, 0.05) is 12.8 Å². The summed E-state index contributed by atoms with van der Waals surface area (Å²) in [6.45, 7) is 6.96. The molecule has 1 amide bonds. The Kier molecular flexibility index (Phi) is 68.3. The highest BCUT2D eigenvalue weighted by atomic mass is 31.2. The number of nitrogens with zero attached hydrogens (tertiary/aromatic N) is 1. The Morgan fingerprint density at radius 1 is 0.396 bits per heavy atom. The van der Waals surface area contributed by atoms with Gasteiger partial charge in [0.2, 0.25) is 5.91 Å². The Hall–Kier alpha value is -2.55. The highest BCUT2D eigenvalue weighted by molar-refractivity contribution is 7.47. The lowest BCUT2D eigenvalue weighted by Crippen LogP contribution is -2.47. The van der Waals surface area contributed by atoms with Gasteiger partial charge in [-0.25, -0.2) is 4.57 Å². The number of rotatable bonds is 72. The second-order valence-corrected chi connectivity index (χ2v) is 29.3. The molecule has 10 heteroatoms. The monoisotopic (exact) mass is 1300 g/mol. The first kappa shape index (κ1) is 88.5. The molecule has 0 saturated heterocycles. The number of amides is 1. The number of carbonyl (C=O) groups is 2. The van der Waals surface area contributed by atoms with Crippen LogP contribution in [-0.2, 0) is 27.9 Å². The lowest BCUT2D eigenvalue weighted by molar-refractivity contribution is -0.870. The first-order chi connectivity index (χ1) is 44.4. The SMILES string of the molecule is CC/C=C\C/C=C\C/C=C\C/C=C\C/C=C\CCCCCCCCCCCCCC(=O)NC(COP(=O)(O)OCC[N+](C)(C)C)C(/C=C/CCCCCCCCCCCCC)OC(=O)CCCCCCCCCCCCCCCCCCCCCCCCCCC. The summed E-state index contributed by atoms with van der Waals surface area (Å²) >= 11 is 0. The van der Waals surface area contributed by atoms with Crippen LogP contribution in [0.5, 0.6) is 0 Å². The van der Waals surface area contributed by atoms with E-state index in [2.05, 4.69) is 92.9 Å². The average Bonchev–Trinajstić information content (AvgIpc) is 3.45. The Labute approximate surface area is 565 Å². The van der Waals surface area contributed by atoms with Gasteiger partial charge in [0.15, 0.2) is 0 Å². The molecule has 0 aliphatic heterocycles. The molecule has 0 fully saturated rings. The quantitative estimate of drug-likeness (QED) is 0.0205. The summed E-state index contributed by atoms with van der Waals surface area (Å²) < 4.78 is 30.9. The number of likely N-dealkylation sites (N-methyl/N-ethyl adjacent to an activating group) is 1.